The SMILES string of the molecule is O=S(=O)(Oc1ccc2c(c1)OC1CNCCC21)c1cc(Cl)cc(Cl)c1. The first-order valence-electron chi connectivity index (χ1n) is 7.84. The average Bonchev–Trinajstić information content (AvgIpc) is 2.91. The number of fused-ring (bicyclic) bond motifs is 3. The molecular formula is C17H15Cl2NO4S. The van der Waals surface area contributed by atoms with Crippen LogP contribution in [0.15, 0.2) is 41.3 Å². The van der Waals surface area contributed by atoms with E-state index in [1.54, 1.807) is 12.1 Å². The largest absolute Gasteiger partial charge is 0.488 e. The molecule has 2 unspecified atom stereocenters. The Balaban J connectivity index is 1.61. The lowest BCUT2D eigenvalue weighted by Crippen LogP contribution is -2.39. The second-order valence-electron chi connectivity index (χ2n) is 6.10. The fraction of sp³-hybridized carbons (Fsp3) is 0.294. The maximum absolute atomic E-state index is 12.5. The van der Waals surface area contributed by atoms with Crippen LogP contribution in [0, 0.1) is 0 Å². The average molecular weight is 400 g/mol. The molecule has 0 saturated carbocycles. The van der Waals surface area contributed by atoms with E-state index in [1.165, 1.54) is 18.2 Å². The molecule has 1 fully saturated rings. The van der Waals surface area contributed by atoms with Crippen molar-refractivity contribution >= 4 is 33.3 Å². The standard InChI is InChI=1S/C17H15Cl2NO4S/c18-10-5-11(19)7-13(6-10)25(21,22)24-12-1-2-14-15-3-4-20-9-17(15)23-16(14)8-12/h1-2,5-8,15,17,20H,3-4,9H2. The van der Waals surface area contributed by atoms with E-state index in [-0.39, 0.29) is 26.8 Å². The number of hydrogen-bond donors (Lipinski definition) is 1. The molecule has 2 aromatic rings. The highest BCUT2D eigenvalue weighted by Gasteiger charge is 2.36. The zero-order valence-corrected chi connectivity index (χ0v) is 15.4. The highest BCUT2D eigenvalue weighted by Crippen LogP contribution is 2.43. The Hall–Kier alpha value is -1.47. The molecule has 2 atom stereocenters. The van der Waals surface area contributed by atoms with Gasteiger partial charge in [0.25, 0.3) is 0 Å². The normalized spacial score (nSPS) is 22.0. The van der Waals surface area contributed by atoms with Gasteiger partial charge < -0.3 is 14.2 Å². The summed E-state index contributed by atoms with van der Waals surface area (Å²) in [7, 11) is -4.04. The van der Waals surface area contributed by atoms with Crippen molar-refractivity contribution in [1.29, 1.82) is 0 Å². The quantitative estimate of drug-likeness (QED) is 0.798. The zero-order chi connectivity index (χ0) is 17.6. The Morgan fingerprint density at radius 1 is 1.12 bits per heavy atom. The van der Waals surface area contributed by atoms with Crippen LogP contribution in [-0.2, 0) is 10.1 Å². The lowest BCUT2D eigenvalue weighted by atomic mass is 9.90. The maximum atomic E-state index is 12.5. The van der Waals surface area contributed by atoms with Crippen LogP contribution in [0.2, 0.25) is 10.0 Å². The molecule has 0 amide bonds. The van der Waals surface area contributed by atoms with E-state index >= 15 is 0 Å². The third-order valence-corrected chi connectivity index (χ3v) is 6.08. The van der Waals surface area contributed by atoms with Gasteiger partial charge in [0.1, 0.15) is 22.5 Å². The summed E-state index contributed by atoms with van der Waals surface area (Å²) in [6.07, 6.45) is 1.08. The van der Waals surface area contributed by atoms with Crippen molar-refractivity contribution < 1.29 is 17.3 Å². The molecule has 0 spiro atoms. The van der Waals surface area contributed by atoms with Crippen LogP contribution >= 0.6 is 23.2 Å². The molecule has 2 aliphatic rings. The van der Waals surface area contributed by atoms with Gasteiger partial charge in [0.15, 0.2) is 0 Å². The topological polar surface area (TPSA) is 64.6 Å². The van der Waals surface area contributed by atoms with Crippen molar-refractivity contribution in [3.8, 4) is 11.5 Å². The molecule has 132 valence electrons. The molecule has 8 heteroatoms. The van der Waals surface area contributed by atoms with E-state index in [0.717, 1.165) is 25.1 Å². The van der Waals surface area contributed by atoms with E-state index in [2.05, 4.69) is 5.32 Å². The van der Waals surface area contributed by atoms with Gasteiger partial charge in [-0.15, -0.1) is 0 Å². The molecule has 0 aromatic heterocycles. The summed E-state index contributed by atoms with van der Waals surface area (Å²) in [5, 5.41) is 3.75. The second-order valence-corrected chi connectivity index (χ2v) is 8.52. The summed E-state index contributed by atoms with van der Waals surface area (Å²) in [6, 6.07) is 9.20. The van der Waals surface area contributed by atoms with Crippen molar-refractivity contribution in [2.24, 2.45) is 0 Å². The Kier molecular flexibility index (Phi) is 4.32. The Bertz CT molecular complexity index is 912. The highest BCUT2D eigenvalue weighted by atomic mass is 35.5. The van der Waals surface area contributed by atoms with Crippen molar-refractivity contribution in [3.05, 3.63) is 52.0 Å². The predicted molar refractivity (Wildman–Crippen MR) is 95.4 cm³/mol. The number of halogens is 2. The van der Waals surface area contributed by atoms with Gasteiger partial charge in [-0.05, 0) is 37.2 Å². The van der Waals surface area contributed by atoms with E-state index < -0.39 is 10.1 Å². The molecule has 1 saturated heterocycles. The van der Waals surface area contributed by atoms with Crippen LogP contribution in [0.3, 0.4) is 0 Å². The third kappa shape index (κ3) is 3.31. The fourth-order valence-corrected chi connectivity index (χ4v) is 4.95. The molecule has 25 heavy (non-hydrogen) atoms. The van der Waals surface area contributed by atoms with Crippen molar-refractivity contribution in [2.45, 2.75) is 23.3 Å². The van der Waals surface area contributed by atoms with Crippen LogP contribution < -0.4 is 14.2 Å². The van der Waals surface area contributed by atoms with E-state index in [1.807, 2.05) is 6.07 Å². The van der Waals surface area contributed by atoms with E-state index in [4.69, 9.17) is 32.1 Å². The van der Waals surface area contributed by atoms with Gasteiger partial charge in [0.2, 0.25) is 0 Å². The first kappa shape index (κ1) is 17.0. The predicted octanol–water partition coefficient (Wildman–Crippen LogP) is 3.60. The first-order chi connectivity index (χ1) is 11.9. The summed E-state index contributed by atoms with van der Waals surface area (Å²) >= 11 is 11.8. The van der Waals surface area contributed by atoms with E-state index in [9.17, 15) is 8.42 Å². The first-order valence-corrected chi connectivity index (χ1v) is 10.0. The molecule has 2 aliphatic heterocycles. The van der Waals surface area contributed by atoms with Crippen molar-refractivity contribution in [3.63, 3.8) is 0 Å². The van der Waals surface area contributed by atoms with Crippen LogP contribution in [0.1, 0.15) is 17.9 Å². The second kappa shape index (κ2) is 6.36. The van der Waals surface area contributed by atoms with Crippen LogP contribution in [0.5, 0.6) is 11.5 Å². The molecule has 2 aromatic carbocycles. The highest BCUT2D eigenvalue weighted by molar-refractivity contribution is 7.87. The van der Waals surface area contributed by atoms with Crippen molar-refractivity contribution in [2.75, 3.05) is 13.1 Å². The monoisotopic (exact) mass is 399 g/mol. The summed E-state index contributed by atoms with van der Waals surface area (Å²) in [5.41, 5.74) is 1.10. The maximum Gasteiger partial charge on any atom is 0.339 e. The Labute approximate surface area is 156 Å². The zero-order valence-electron chi connectivity index (χ0n) is 13.0. The summed E-state index contributed by atoms with van der Waals surface area (Å²) in [5.74, 6) is 1.21. The van der Waals surface area contributed by atoms with Crippen LogP contribution in [0.25, 0.3) is 0 Å². The number of rotatable bonds is 3. The number of ether oxygens (including phenoxy) is 1. The molecule has 2 heterocycles. The Morgan fingerprint density at radius 3 is 2.64 bits per heavy atom. The summed E-state index contributed by atoms with van der Waals surface area (Å²) < 4.78 is 36.1. The van der Waals surface area contributed by atoms with Crippen LogP contribution in [-0.4, -0.2) is 27.6 Å². The number of nitrogens with one attached hydrogen (secondary N) is 1. The lowest BCUT2D eigenvalue weighted by molar-refractivity contribution is 0.176. The van der Waals surface area contributed by atoms with Gasteiger partial charge in [-0.25, -0.2) is 0 Å². The molecule has 5 nitrogen and oxygen atoms in total. The van der Waals surface area contributed by atoms with Gasteiger partial charge in [-0.2, -0.15) is 8.42 Å². The van der Waals surface area contributed by atoms with Gasteiger partial charge in [0, 0.05) is 34.1 Å². The molecule has 4 rings (SSSR count). The molecule has 1 N–H and O–H groups in total. The van der Waals surface area contributed by atoms with Crippen molar-refractivity contribution in [1.82, 2.24) is 5.32 Å². The third-order valence-electron chi connectivity index (χ3n) is 4.42. The number of hydrogen-bond acceptors (Lipinski definition) is 5. The Morgan fingerprint density at radius 2 is 1.88 bits per heavy atom. The lowest BCUT2D eigenvalue weighted by Gasteiger charge is -2.24. The summed E-state index contributed by atoms with van der Waals surface area (Å²) in [4.78, 5) is -0.0933. The van der Waals surface area contributed by atoms with E-state index in [0.29, 0.717) is 11.7 Å². The molecular weight excluding hydrogens is 385 g/mol. The molecule has 0 radical (unpaired) electrons. The van der Waals surface area contributed by atoms with Gasteiger partial charge in [0.05, 0.1) is 0 Å². The van der Waals surface area contributed by atoms with Gasteiger partial charge in [-0.3, -0.25) is 0 Å². The summed E-state index contributed by atoms with van der Waals surface area (Å²) in [6.45, 7) is 1.74. The fourth-order valence-electron chi connectivity index (χ4n) is 3.30. The van der Waals surface area contributed by atoms with Gasteiger partial charge >= 0.3 is 10.1 Å². The van der Waals surface area contributed by atoms with Crippen LogP contribution in [0.4, 0.5) is 0 Å². The molecule has 0 aliphatic carbocycles. The van der Waals surface area contributed by atoms with Gasteiger partial charge in [-0.1, -0.05) is 29.3 Å². The molecule has 0 bridgehead atoms. The number of piperidine rings is 1. The smallest absolute Gasteiger partial charge is 0.339 e. The minimum Gasteiger partial charge on any atom is -0.488 e. The minimum absolute atomic E-state index is 0.0855. The minimum atomic E-state index is -4.04. The number of benzene rings is 2.